The van der Waals surface area contributed by atoms with Crippen LogP contribution < -0.4 is 0 Å². The van der Waals surface area contributed by atoms with Crippen LogP contribution in [0.15, 0.2) is 11.7 Å². The highest BCUT2D eigenvalue weighted by Gasteiger charge is 2.25. The van der Waals surface area contributed by atoms with Gasteiger partial charge in [-0.2, -0.15) is 8.78 Å². The molecule has 3 heteroatoms. The Labute approximate surface area is 65.7 Å². The van der Waals surface area contributed by atoms with Crippen LogP contribution in [0.3, 0.4) is 0 Å². The summed E-state index contributed by atoms with van der Waals surface area (Å²) < 4.78 is 24.2. The van der Waals surface area contributed by atoms with E-state index in [1.54, 1.807) is 0 Å². The molecule has 1 aliphatic rings. The molecule has 0 amide bonds. The molecule has 11 heavy (non-hydrogen) atoms. The van der Waals surface area contributed by atoms with Gasteiger partial charge >= 0.3 is 0 Å². The van der Waals surface area contributed by atoms with Crippen LogP contribution >= 0.6 is 0 Å². The maximum Gasteiger partial charge on any atom is 0.270 e. The van der Waals surface area contributed by atoms with Gasteiger partial charge in [0.05, 0.1) is 0 Å². The fourth-order valence-electron chi connectivity index (χ4n) is 1.53. The van der Waals surface area contributed by atoms with Crippen LogP contribution in [0, 0.1) is 0 Å². The molecule has 0 saturated carbocycles. The van der Waals surface area contributed by atoms with Crippen LogP contribution in [-0.4, -0.2) is 24.5 Å². The number of hydrogen-bond donors (Lipinski definition) is 0. The number of hydrogen-bond acceptors (Lipinski definition) is 1. The van der Waals surface area contributed by atoms with Gasteiger partial charge in [0.1, 0.15) is 0 Å². The van der Waals surface area contributed by atoms with E-state index in [9.17, 15) is 8.78 Å². The Hall–Kier alpha value is -0.440. The quantitative estimate of drug-likeness (QED) is 0.570. The summed E-state index contributed by atoms with van der Waals surface area (Å²) >= 11 is 0. The van der Waals surface area contributed by atoms with Gasteiger partial charge in [-0.3, -0.25) is 4.90 Å². The van der Waals surface area contributed by atoms with Gasteiger partial charge in [0.25, 0.3) is 6.08 Å². The molecule has 0 aromatic carbocycles. The van der Waals surface area contributed by atoms with E-state index in [4.69, 9.17) is 0 Å². The number of halogens is 2. The van der Waals surface area contributed by atoms with Crippen molar-refractivity contribution in [1.82, 2.24) is 4.90 Å². The van der Waals surface area contributed by atoms with E-state index >= 15 is 0 Å². The summed E-state index contributed by atoms with van der Waals surface area (Å²) in [4.78, 5) is 1.98. The highest BCUT2D eigenvalue weighted by molar-refractivity contribution is 5.12. The van der Waals surface area contributed by atoms with E-state index in [1.807, 2.05) is 18.9 Å². The van der Waals surface area contributed by atoms with Gasteiger partial charge in [0.15, 0.2) is 0 Å². The zero-order chi connectivity index (χ0) is 8.43. The third kappa shape index (κ3) is 1.77. The number of likely N-dealkylation sites (N-methyl/N-ethyl adjacent to an activating group) is 1. The predicted molar refractivity (Wildman–Crippen MR) is 40.6 cm³/mol. The maximum atomic E-state index is 12.1. The van der Waals surface area contributed by atoms with E-state index in [0.717, 1.165) is 6.42 Å². The van der Waals surface area contributed by atoms with Crippen molar-refractivity contribution in [2.45, 2.75) is 25.8 Å². The van der Waals surface area contributed by atoms with Crippen molar-refractivity contribution in [3.63, 3.8) is 0 Å². The fourth-order valence-corrected chi connectivity index (χ4v) is 1.53. The second-order valence-electron chi connectivity index (χ2n) is 3.05. The van der Waals surface area contributed by atoms with Crippen molar-refractivity contribution in [3.8, 4) is 0 Å². The van der Waals surface area contributed by atoms with Crippen LogP contribution in [-0.2, 0) is 0 Å². The number of likely N-dealkylation sites (tertiary alicyclic amines) is 1. The normalized spacial score (nSPS) is 26.2. The van der Waals surface area contributed by atoms with E-state index in [2.05, 4.69) is 0 Å². The standard InChI is InChI=1S/C8H13F2N/c1-3-7-4-6(8(9)10)5-11(7)2/h7H,3-5H2,1-2H3. The van der Waals surface area contributed by atoms with Gasteiger partial charge in [-0.05, 0) is 19.9 Å². The first-order valence-corrected chi connectivity index (χ1v) is 3.88. The number of rotatable bonds is 1. The molecule has 0 radical (unpaired) electrons. The molecular formula is C8H13F2N. The molecule has 0 spiro atoms. The lowest BCUT2D eigenvalue weighted by Gasteiger charge is -2.15. The van der Waals surface area contributed by atoms with Crippen molar-refractivity contribution in [2.75, 3.05) is 13.6 Å². The Kier molecular flexibility index (Phi) is 2.60. The monoisotopic (exact) mass is 161 g/mol. The van der Waals surface area contributed by atoms with Crippen LogP contribution in [0.5, 0.6) is 0 Å². The molecule has 1 atom stereocenters. The third-order valence-corrected chi connectivity index (χ3v) is 2.28. The molecule has 1 saturated heterocycles. The highest BCUT2D eigenvalue weighted by Crippen LogP contribution is 2.26. The Bertz CT molecular complexity index is 173. The van der Waals surface area contributed by atoms with Crippen molar-refractivity contribution >= 4 is 0 Å². The highest BCUT2D eigenvalue weighted by atomic mass is 19.3. The lowest BCUT2D eigenvalue weighted by atomic mass is 10.1. The van der Waals surface area contributed by atoms with Crippen LogP contribution in [0.1, 0.15) is 19.8 Å². The minimum atomic E-state index is -1.48. The second-order valence-corrected chi connectivity index (χ2v) is 3.05. The molecule has 0 aromatic heterocycles. The summed E-state index contributed by atoms with van der Waals surface area (Å²) in [7, 11) is 1.89. The van der Waals surface area contributed by atoms with Gasteiger partial charge < -0.3 is 0 Å². The molecule has 1 unspecified atom stereocenters. The first-order chi connectivity index (χ1) is 5.15. The summed E-state index contributed by atoms with van der Waals surface area (Å²) in [6.45, 7) is 2.47. The predicted octanol–water partition coefficient (Wildman–Crippen LogP) is 2.25. The molecule has 1 rings (SSSR count). The third-order valence-electron chi connectivity index (χ3n) is 2.28. The smallest absolute Gasteiger partial charge is 0.270 e. The van der Waals surface area contributed by atoms with Crippen molar-refractivity contribution < 1.29 is 8.78 Å². The molecule has 1 nitrogen and oxygen atoms in total. The van der Waals surface area contributed by atoms with Crippen LogP contribution in [0.4, 0.5) is 8.78 Å². The SMILES string of the molecule is CCC1CC(=C(F)F)CN1C. The fraction of sp³-hybridized carbons (Fsp3) is 0.750. The van der Waals surface area contributed by atoms with Crippen molar-refractivity contribution in [3.05, 3.63) is 11.7 Å². The Morgan fingerprint density at radius 3 is 2.55 bits per heavy atom. The first kappa shape index (κ1) is 8.65. The second kappa shape index (κ2) is 3.30. The summed E-state index contributed by atoms with van der Waals surface area (Å²) in [5.74, 6) is 0. The molecule has 1 heterocycles. The van der Waals surface area contributed by atoms with Gasteiger partial charge in [-0.25, -0.2) is 0 Å². The summed E-state index contributed by atoms with van der Waals surface area (Å²) in [6, 6.07) is 0.325. The minimum Gasteiger partial charge on any atom is -0.299 e. The van der Waals surface area contributed by atoms with E-state index < -0.39 is 6.08 Å². The van der Waals surface area contributed by atoms with Gasteiger partial charge in [0, 0.05) is 18.2 Å². The molecule has 0 aromatic rings. The van der Waals surface area contributed by atoms with Crippen molar-refractivity contribution in [1.29, 1.82) is 0 Å². The summed E-state index contributed by atoms with van der Waals surface area (Å²) in [5.41, 5.74) is 0.319. The lowest BCUT2D eigenvalue weighted by molar-refractivity contribution is 0.304. The zero-order valence-corrected chi connectivity index (χ0v) is 6.90. The van der Waals surface area contributed by atoms with E-state index in [1.165, 1.54) is 0 Å². The molecule has 64 valence electrons. The largest absolute Gasteiger partial charge is 0.299 e. The Morgan fingerprint density at radius 2 is 2.27 bits per heavy atom. The van der Waals surface area contributed by atoms with Gasteiger partial charge in [-0.1, -0.05) is 6.92 Å². The molecular weight excluding hydrogens is 148 g/mol. The Morgan fingerprint density at radius 1 is 1.64 bits per heavy atom. The average molecular weight is 161 g/mol. The molecule has 1 aliphatic heterocycles. The molecule has 1 fully saturated rings. The summed E-state index contributed by atoms with van der Waals surface area (Å²) in [5, 5.41) is 0. The molecule has 0 bridgehead atoms. The first-order valence-electron chi connectivity index (χ1n) is 3.88. The number of nitrogens with zero attached hydrogens (tertiary/aromatic N) is 1. The summed E-state index contributed by atoms with van der Waals surface area (Å²) in [6.07, 6.45) is 0.0237. The van der Waals surface area contributed by atoms with Gasteiger partial charge in [-0.15, -0.1) is 0 Å². The Balaban J connectivity index is 2.64. The lowest BCUT2D eigenvalue weighted by Crippen LogP contribution is -2.23. The topological polar surface area (TPSA) is 3.24 Å². The average Bonchev–Trinajstić information content (AvgIpc) is 2.31. The minimum absolute atomic E-state index is 0.319. The van der Waals surface area contributed by atoms with Crippen LogP contribution in [0.2, 0.25) is 0 Å². The maximum absolute atomic E-state index is 12.1. The zero-order valence-electron chi connectivity index (χ0n) is 6.90. The van der Waals surface area contributed by atoms with E-state index in [0.29, 0.717) is 24.6 Å². The molecule has 0 N–H and O–H groups in total. The van der Waals surface area contributed by atoms with E-state index in [-0.39, 0.29) is 0 Å². The van der Waals surface area contributed by atoms with Crippen LogP contribution in [0.25, 0.3) is 0 Å². The van der Waals surface area contributed by atoms with Crippen molar-refractivity contribution in [2.24, 2.45) is 0 Å². The van der Waals surface area contributed by atoms with Gasteiger partial charge in [0.2, 0.25) is 0 Å². The molecule has 0 aliphatic carbocycles.